The van der Waals surface area contributed by atoms with E-state index in [4.69, 9.17) is 31.5 Å². The van der Waals surface area contributed by atoms with E-state index in [0.29, 0.717) is 34.5 Å². The van der Waals surface area contributed by atoms with Crippen molar-refractivity contribution in [3.63, 3.8) is 0 Å². The molecule has 0 saturated heterocycles. The Balaban J connectivity index is 1.41. The quantitative estimate of drug-likeness (QED) is 0.186. The van der Waals surface area contributed by atoms with Crippen molar-refractivity contribution in [1.29, 1.82) is 0 Å². The number of para-hydroxylation sites is 1. The Kier molecular flexibility index (Phi) is 6.60. The van der Waals surface area contributed by atoms with Crippen molar-refractivity contribution in [1.82, 2.24) is 24.9 Å². The summed E-state index contributed by atoms with van der Waals surface area (Å²) in [6.07, 6.45) is 0. The minimum Gasteiger partial charge on any atom is -0.237 e. The fraction of sp³-hybridized carbons (Fsp3) is 0. The maximum Gasteiger partial charge on any atom is 0.198 e. The van der Waals surface area contributed by atoms with E-state index in [0.717, 1.165) is 48.3 Å². The molecule has 0 radical (unpaired) electrons. The van der Waals surface area contributed by atoms with Crippen LogP contribution < -0.4 is 0 Å². The van der Waals surface area contributed by atoms with Crippen molar-refractivity contribution in [3.8, 4) is 56.8 Å². The second-order valence-electron chi connectivity index (χ2n) is 10.4. The standard InChI is InChI=1S/C38H22N6S/c1-39-30-23-12-11-20-27(30)37-40-31(24-14-5-2-6-15-24)34-32(41-37)28-21-13-22-29(33(28)45-34)38-43-35(25-16-7-3-8-17-25)42-36(44-38)26-18-9-4-10-19-26/h2-23H. The van der Waals surface area contributed by atoms with Gasteiger partial charge in [-0.15, -0.1) is 11.3 Å². The predicted octanol–water partition coefficient (Wildman–Crippen LogP) is 9.92. The molecule has 5 aromatic carbocycles. The van der Waals surface area contributed by atoms with Gasteiger partial charge in [0.25, 0.3) is 0 Å². The molecule has 0 fully saturated rings. The minimum atomic E-state index is 0.517. The van der Waals surface area contributed by atoms with E-state index in [1.807, 2.05) is 103 Å². The third kappa shape index (κ3) is 4.80. The van der Waals surface area contributed by atoms with Gasteiger partial charge in [0.1, 0.15) is 5.82 Å². The van der Waals surface area contributed by atoms with E-state index in [1.54, 1.807) is 17.4 Å². The van der Waals surface area contributed by atoms with Gasteiger partial charge in [-0.1, -0.05) is 127 Å². The monoisotopic (exact) mass is 594 g/mol. The smallest absolute Gasteiger partial charge is 0.198 e. The summed E-state index contributed by atoms with van der Waals surface area (Å²) in [7, 11) is 0. The summed E-state index contributed by atoms with van der Waals surface area (Å²) in [5.41, 5.74) is 6.60. The number of thiophene rings is 1. The number of rotatable bonds is 5. The fourth-order valence-electron chi connectivity index (χ4n) is 5.44. The zero-order chi connectivity index (χ0) is 30.2. The minimum absolute atomic E-state index is 0.517. The molecular formula is C38H22N6S. The van der Waals surface area contributed by atoms with Crippen molar-refractivity contribution in [3.05, 3.63) is 145 Å². The Morgan fingerprint density at radius 3 is 1.62 bits per heavy atom. The highest BCUT2D eigenvalue weighted by Gasteiger charge is 2.21. The zero-order valence-electron chi connectivity index (χ0n) is 23.8. The predicted molar refractivity (Wildman–Crippen MR) is 182 cm³/mol. The van der Waals surface area contributed by atoms with Gasteiger partial charge in [0, 0.05) is 37.9 Å². The van der Waals surface area contributed by atoms with Crippen LogP contribution in [0.2, 0.25) is 0 Å². The molecule has 3 heterocycles. The summed E-state index contributed by atoms with van der Waals surface area (Å²) < 4.78 is 1.98. The highest BCUT2D eigenvalue weighted by molar-refractivity contribution is 7.26. The molecule has 7 heteroatoms. The van der Waals surface area contributed by atoms with E-state index in [-0.39, 0.29) is 0 Å². The van der Waals surface area contributed by atoms with Gasteiger partial charge in [0.05, 0.1) is 22.5 Å². The Labute approximate surface area is 263 Å². The van der Waals surface area contributed by atoms with E-state index in [1.165, 1.54) is 0 Å². The van der Waals surface area contributed by atoms with Crippen LogP contribution in [0, 0.1) is 6.57 Å². The SMILES string of the molecule is [C-]#[N+]c1ccccc1-c1nc(-c2ccccc2)c2sc3c(-c4nc(-c5ccccc5)nc(-c5ccccc5)n4)cccc3c2n1. The maximum absolute atomic E-state index is 7.75. The molecule has 6 nitrogen and oxygen atoms in total. The number of aromatic nitrogens is 5. The molecule has 0 N–H and O–H groups in total. The fourth-order valence-corrected chi connectivity index (χ4v) is 6.70. The van der Waals surface area contributed by atoms with Gasteiger partial charge in [0.2, 0.25) is 0 Å². The van der Waals surface area contributed by atoms with Crippen LogP contribution in [-0.2, 0) is 0 Å². The van der Waals surface area contributed by atoms with E-state index < -0.39 is 0 Å². The average Bonchev–Trinajstić information content (AvgIpc) is 3.51. The molecule has 3 aromatic heterocycles. The number of hydrogen-bond donors (Lipinski definition) is 0. The lowest BCUT2D eigenvalue weighted by Gasteiger charge is -2.09. The van der Waals surface area contributed by atoms with Gasteiger partial charge < -0.3 is 0 Å². The largest absolute Gasteiger partial charge is 0.237 e. The molecule has 0 unspecified atom stereocenters. The number of benzene rings is 5. The summed E-state index contributed by atoms with van der Waals surface area (Å²) in [6.45, 7) is 7.75. The van der Waals surface area contributed by atoms with E-state index in [9.17, 15) is 0 Å². The normalized spacial score (nSPS) is 11.1. The second-order valence-corrected chi connectivity index (χ2v) is 11.4. The molecule has 8 rings (SSSR count). The van der Waals surface area contributed by atoms with Crippen molar-refractivity contribution in [2.75, 3.05) is 0 Å². The van der Waals surface area contributed by atoms with Crippen molar-refractivity contribution in [2.45, 2.75) is 0 Å². The molecule has 0 amide bonds. The van der Waals surface area contributed by atoms with Gasteiger partial charge in [0.15, 0.2) is 23.2 Å². The number of nitrogens with zero attached hydrogens (tertiary/aromatic N) is 6. The first kappa shape index (κ1) is 26.5. The first-order valence-corrected chi connectivity index (χ1v) is 15.2. The molecule has 210 valence electrons. The topological polar surface area (TPSA) is 68.8 Å². The van der Waals surface area contributed by atoms with Gasteiger partial charge in [-0.25, -0.2) is 29.8 Å². The van der Waals surface area contributed by atoms with Gasteiger partial charge in [-0.05, 0) is 6.07 Å². The lowest BCUT2D eigenvalue weighted by atomic mass is 10.1. The van der Waals surface area contributed by atoms with Crippen LogP contribution in [0.15, 0.2) is 133 Å². The maximum atomic E-state index is 7.75. The van der Waals surface area contributed by atoms with Crippen LogP contribution in [0.5, 0.6) is 0 Å². The molecule has 0 aliphatic rings. The second kappa shape index (κ2) is 11.2. The molecule has 0 aliphatic carbocycles. The molecule has 0 saturated carbocycles. The van der Waals surface area contributed by atoms with Gasteiger partial charge in [-0.2, -0.15) is 0 Å². The van der Waals surface area contributed by atoms with Crippen molar-refractivity contribution >= 4 is 37.3 Å². The van der Waals surface area contributed by atoms with Crippen LogP contribution in [0.4, 0.5) is 5.69 Å². The first-order valence-electron chi connectivity index (χ1n) is 14.4. The van der Waals surface area contributed by atoms with Crippen LogP contribution in [0.1, 0.15) is 0 Å². The Morgan fingerprint density at radius 2 is 0.978 bits per heavy atom. The summed E-state index contributed by atoms with van der Waals surface area (Å²) in [6, 6.07) is 43.7. The highest BCUT2D eigenvalue weighted by Crippen LogP contribution is 2.43. The number of hydrogen-bond acceptors (Lipinski definition) is 6. The Bertz CT molecular complexity index is 2320. The molecule has 45 heavy (non-hydrogen) atoms. The molecule has 0 atom stereocenters. The number of fused-ring (bicyclic) bond motifs is 3. The lowest BCUT2D eigenvalue weighted by Crippen LogP contribution is -2.00. The van der Waals surface area contributed by atoms with Crippen LogP contribution in [-0.4, -0.2) is 24.9 Å². The van der Waals surface area contributed by atoms with Crippen LogP contribution in [0.25, 0.3) is 82.0 Å². The molecular weight excluding hydrogens is 573 g/mol. The molecule has 0 spiro atoms. The summed E-state index contributed by atoms with van der Waals surface area (Å²) in [4.78, 5) is 28.8. The summed E-state index contributed by atoms with van der Waals surface area (Å²) >= 11 is 1.64. The Hall–Kier alpha value is -6.10. The van der Waals surface area contributed by atoms with Crippen molar-refractivity contribution in [2.24, 2.45) is 0 Å². The summed E-state index contributed by atoms with van der Waals surface area (Å²) in [5, 5.41) is 0.983. The molecule has 8 aromatic rings. The van der Waals surface area contributed by atoms with Gasteiger partial charge in [-0.3, -0.25) is 0 Å². The summed E-state index contributed by atoms with van der Waals surface area (Å²) in [5.74, 6) is 2.34. The van der Waals surface area contributed by atoms with Gasteiger partial charge >= 0.3 is 0 Å². The van der Waals surface area contributed by atoms with Crippen LogP contribution in [0.3, 0.4) is 0 Å². The zero-order valence-corrected chi connectivity index (χ0v) is 24.6. The van der Waals surface area contributed by atoms with E-state index in [2.05, 4.69) is 29.1 Å². The molecule has 0 aliphatic heterocycles. The average molecular weight is 595 g/mol. The third-order valence-electron chi connectivity index (χ3n) is 7.59. The lowest BCUT2D eigenvalue weighted by molar-refractivity contribution is 1.08. The molecule has 0 bridgehead atoms. The Morgan fingerprint density at radius 1 is 0.444 bits per heavy atom. The van der Waals surface area contributed by atoms with Crippen LogP contribution >= 0.6 is 11.3 Å². The van der Waals surface area contributed by atoms with E-state index >= 15 is 0 Å². The first-order chi connectivity index (χ1) is 22.3. The van der Waals surface area contributed by atoms with Crippen molar-refractivity contribution < 1.29 is 0 Å². The highest BCUT2D eigenvalue weighted by atomic mass is 32.1. The third-order valence-corrected chi connectivity index (χ3v) is 8.83.